The molecule has 3 unspecified atom stereocenters. The normalized spacial score (nSPS) is 18.4. The van der Waals surface area contributed by atoms with Gasteiger partial charge in [0.1, 0.15) is 24.8 Å². The quantitative estimate of drug-likeness (QED) is 0.130. The minimum Gasteiger partial charge on any atom is -0.490 e. The van der Waals surface area contributed by atoms with Gasteiger partial charge in [0.2, 0.25) is 0 Å². The average Bonchev–Trinajstić information content (AvgIpc) is 3.02. The summed E-state index contributed by atoms with van der Waals surface area (Å²) in [7, 11) is 0. The number of benzene rings is 3. The van der Waals surface area contributed by atoms with E-state index in [2.05, 4.69) is 16.4 Å². The molecule has 3 aromatic carbocycles. The van der Waals surface area contributed by atoms with Gasteiger partial charge in [-0.2, -0.15) is 0 Å². The number of nitrogens with one attached hydrogen (secondary N) is 1. The summed E-state index contributed by atoms with van der Waals surface area (Å²) in [6.45, 7) is 0.618. The molecule has 3 atom stereocenters. The number of pyridine rings is 1. The fourth-order valence-electron chi connectivity index (χ4n) is 5.57. The van der Waals surface area contributed by atoms with E-state index in [0.29, 0.717) is 18.0 Å². The molecular formula is C33H32Cl3N3O6. The summed E-state index contributed by atoms with van der Waals surface area (Å²) < 4.78 is 15.9. The Morgan fingerprint density at radius 2 is 1.76 bits per heavy atom. The minimum absolute atomic E-state index is 0.0166. The van der Waals surface area contributed by atoms with Gasteiger partial charge in [0.05, 0.1) is 18.8 Å². The smallest absolute Gasteiger partial charge is 0.412 e. The maximum absolute atomic E-state index is 12.3. The Balaban J connectivity index is 1.30. The maximum atomic E-state index is 12.3. The Labute approximate surface area is 275 Å². The third-order valence-electron chi connectivity index (χ3n) is 7.57. The highest BCUT2D eigenvalue weighted by Crippen LogP contribution is 2.42. The van der Waals surface area contributed by atoms with E-state index in [0.717, 1.165) is 21.9 Å². The molecule has 236 valence electrons. The van der Waals surface area contributed by atoms with Crippen LogP contribution in [0.4, 0.5) is 15.4 Å². The minimum atomic E-state index is -1.70. The van der Waals surface area contributed by atoms with Gasteiger partial charge in [-0.3, -0.25) is 5.32 Å². The van der Waals surface area contributed by atoms with Crippen molar-refractivity contribution in [2.45, 2.75) is 41.3 Å². The molecule has 0 bridgehead atoms. The standard InChI is InChI=1S/C33H32Cl3N3O6/c34-33(35,36)20-28-30(45-21-22-11-12-23-6-1-2-7-24(23)18-22)27(13-15-39(28)32(41)42)25-8-5-9-26(19-25)43-16-17-44-31(40)38-29-10-3-4-14-37-29/h1-12,14,18-19,27-28,30H,13,15-17,20-21H2,(H,41,42)(H,37,38,40). The van der Waals surface area contributed by atoms with Gasteiger partial charge >= 0.3 is 12.2 Å². The van der Waals surface area contributed by atoms with Crippen molar-refractivity contribution >= 4 is 63.6 Å². The predicted octanol–water partition coefficient (Wildman–Crippen LogP) is 8.04. The van der Waals surface area contributed by atoms with Crippen LogP contribution >= 0.6 is 34.8 Å². The van der Waals surface area contributed by atoms with Gasteiger partial charge in [-0.15, -0.1) is 0 Å². The van der Waals surface area contributed by atoms with E-state index in [1.165, 1.54) is 4.90 Å². The fourth-order valence-corrected chi connectivity index (χ4v) is 6.04. The Hall–Kier alpha value is -3.76. The van der Waals surface area contributed by atoms with Crippen LogP contribution < -0.4 is 10.1 Å². The number of carboxylic acid groups (broad SMARTS) is 1. The molecule has 45 heavy (non-hydrogen) atoms. The first-order valence-corrected chi connectivity index (χ1v) is 15.5. The van der Waals surface area contributed by atoms with Crippen LogP contribution in [0.25, 0.3) is 10.8 Å². The van der Waals surface area contributed by atoms with Crippen LogP contribution in [0.5, 0.6) is 5.75 Å². The first kappa shape index (κ1) is 32.6. The first-order chi connectivity index (χ1) is 21.7. The van der Waals surface area contributed by atoms with E-state index in [1.807, 2.05) is 54.6 Å². The molecule has 1 aromatic heterocycles. The second kappa shape index (κ2) is 15.0. The molecule has 4 aromatic rings. The SMILES string of the molecule is O=C(Nc1ccccn1)OCCOc1cccc(C2CCN(C(=O)O)C(CC(Cl)(Cl)Cl)C2OCc2ccc3ccccc3c2)c1. The van der Waals surface area contributed by atoms with Gasteiger partial charge in [-0.1, -0.05) is 89.4 Å². The van der Waals surface area contributed by atoms with Crippen molar-refractivity contribution in [2.75, 3.05) is 25.1 Å². The molecule has 1 saturated heterocycles. The average molecular weight is 673 g/mol. The number of fused-ring (bicyclic) bond motifs is 1. The van der Waals surface area contributed by atoms with E-state index in [9.17, 15) is 14.7 Å². The van der Waals surface area contributed by atoms with Crippen molar-refractivity contribution in [1.29, 1.82) is 0 Å². The zero-order valence-electron chi connectivity index (χ0n) is 24.2. The van der Waals surface area contributed by atoms with Crippen molar-refractivity contribution in [2.24, 2.45) is 0 Å². The molecule has 12 heteroatoms. The summed E-state index contributed by atoms with van der Waals surface area (Å²) in [6.07, 6.45) is -0.345. The molecule has 5 rings (SSSR count). The highest BCUT2D eigenvalue weighted by Gasteiger charge is 2.45. The zero-order valence-corrected chi connectivity index (χ0v) is 26.4. The molecule has 1 aliphatic heterocycles. The molecule has 2 amide bonds. The lowest BCUT2D eigenvalue weighted by atomic mass is 9.81. The summed E-state index contributed by atoms with van der Waals surface area (Å²) >= 11 is 18.7. The third kappa shape index (κ3) is 9.14. The number of piperidine rings is 1. The highest BCUT2D eigenvalue weighted by atomic mass is 35.6. The van der Waals surface area contributed by atoms with Crippen LogP contribution in [0, 0.1) is 0 Å². The molecule has 1 aliphatic rings. The monoisotopic (exact) mass is 671 g/mol. The Morgan fingerprint density at radius 1 is 0.956 bits per heavy atom. The number of carbonyl (C=O) groups excluding carboxylic acids is 1. The molecule has 0 aliphatic carbocycles. The molecule has 0 saturated carbocycles. The Bertz CT molecular complexity index is 1600. The molecule has 0 radical (unpaired) electrons. The molecule has 2 N–H and O–H groups in total. The lowest BCUT2D eigenvalue weighted by molar-refractivity contribution is -0.0587. The lowest BCUT2D eigenvalue weighted by Gasteiger charge is -2.45. The van der Waals surface area contributed by atoms with E-state index < -0.39 is 28.1 Å². The largest absolute Gasteiger partial charge is 0.490 e. The van der Waals surface area contributed by atoms with Gasteiger partial charge in [-0.05, 0) is 58.7 Å². The van der Waals surface area contributed by atoms with E-state index >= 15 is 0 Å². The van der Waals surface area contributed by atoms with Gasteiger partial charge < -0.3 is 24.2 Å². The molecule has 1 fully saturated rings. The van der Waals surface area contributed by atoms with Crippen LogP contribution in [0.1, 0.15) is 29.9 Å². The third-order valence-corrected chi connectivity index (χ3v) is 8.03. The zero-order chi connectivity index (χ0) is 31.8. The molecule has 2 heterocycles. The lowest BCUT2D eigenvalue weighted by Crippen LogP contribution is -2.55. The number of amides is 2. The number of nitrogens with zero attached hydrogens (tertiary/aromatic N) is 2. The van der Waals surface area contributed by atoms with E-state index in [1.54, 1.807) is 30.5 Å². The van der Waals surface area contributed by atoms with Gasteiger partial charge in [0, 0.05) is 25.1 Å². The molecule has 9 nitrogen and oxygen atoms in total. The second-order valence-corrected chi connectivity index (χ2v) is 13.1. The number of carbonyl (C=O) groups is 2. The summed E-state index contributed by atoms with van der Waals surface area (Å²) in [6, 6.07) is 26.0. The van der Waals surface area contributed by atoms with Crippen LogP contribution in [-0.2, 0) is 16.1 Å². The summed E-state index contributed by atoms with van der Waals surface area (Å²) in [5.74, 6) is 0.728. The number of anilines is 1. The van der Waals surface area contributed by atoms with Crippen LogP contribution in [-0.4, -0.2) is 62.9 Å². The van der Waals surface area contributed by atoms with Crippen molar-refractivity contribution < 1.29 is 28.9 Å². The summed E-state index contributed by atoms with van der Waals surface area (Å²) in [5, 5.41) is 14.8. The highest BCUT2D eigenvalue weighted by molar-refractivity contribution is 6.67. The van der Waals surface area contributed by atoms with Gasteiger partial charge in [0.15, 0.2) is 3.79 Å². The maximum Gasteiger partial charge on any atom is 0.412 e. The van der Waals surface area contributed by atoms with E-state index in [4.69, 9.17) is 49.0 Å². The number of hydrogen-bond acceptors (Lipinski definition) is 6. The van der Waals surface area contributed by atoms with Crippen LogP contribution in [0.3, 0.4) is 0 Å². The van der Waals surface area contributed by atoms with Gasteiger partial charge in [-0.25, -0.2) is 14.6 Å². The number of halogens is 3. The Morgan fingerprint density at radius 3 is 2.51 bits per heavy atom. The number of alkyl halides is 3. The molecular weight excluding hydrogens is 641 g/mol. The van der Waals surface area contributed by atoms with Gasteiger partial charge in [0.25, 0.3) is 0 Å². The van der Waals surface area contributed by atoms with Crippen LogP contribution in [0.15, 0.2) is 91.1 Å². The second-order valence-electron chi connectivity index (χ2n) is 10.6. The first-order valence-electron chi connectivity index (χ1n) is 14.4. The number of likely N-dealkylation sites (tertiary alicyclic amines) is 1. The van der Waals surface area contributed by atoms with Crippen molar-refractivity contribution in [3.63, 3.8) is 0 Å². The van der Waals surface area contributed by atoms with Crippen molar-refractivity contribution in [3.05, 3.63) is 102 Å². The fraction of sp³-hybridized carbons (Fsp3) is 0.303. The number of aromatic nitrogens is 1. The van der Waals surface area contributed by atoms with Crippen molar-refractivity contribution in [3.8, 4) is 5.75 Å². The Kier molecular flexibility index (Phi) is 10.9. The number of rotatable bonds is 10. The predicted molar refractivity (Wildman–Crippen MR) is 174 cm³/mol. The van der Waals surface area contributed by atoms with Crippen molar-refractivity contribution in [1.82, 2.24) is 9.88 Å². The van der Waals surface area contributed by atoms with E-state index in [-0.39, 0.29) is 38.7 Å². The van der Waals surface area contributed by atoms with Crippen LogP contribution in [0.2, 0.25) is 0 Å². The number of hydrogen-bond donors (Lipinski definition) is 2. The molecule has 0 spiro atoms. The summed E-state index contributed by atoms with van der Waals surface area (Å²) in [4.78, 5) is 29.7. The summed E-state index contributed by atoms with van der Waals surface area (Å²) in [5.41, 5.74) is 1.83. The number of ether oxygens (including phenoxy) is 3. The topological polar surface area (TPSA) is 110 Å².